The Morgan fingerprint density at radius 1 is 1.10 bits per heavy atom. The number of amides is 1. The third-order valence-electron chi connectivity index (χ3n) is 2.67. The summed E-state index contributed by atoms with van der Waals surface area (Å²) >= 11 is 0. The van der Waals surface area contributed by atoms with Crippen molar-refractivity contribution in [1.29, 1.82) is 0 Å². The van der Waals surface area contributed by atoms with Gasteiger partial charge in [-0.05, 0) is 24.3 Å². The zero-order chi connectivity index (χ0) is 14.5. The van der Waals surface area contributed by atoms with Gasteiger partial charge in [-0.15, -0.1) is 5.10 Å². The molecule has 0 fully saturated rings. The Labute approximate surface area is 120 Å². The number of nitrogens with zero attached hydrogens (tertiary/aromatic N) is 3. The van der Waals surface area contributed by atoms with Crippen molar-refractivity contribution in [2.24, 2.45) is 0 Å². The molecule has 3 aromatic rings. The van der Waals surface area contributed by atoms with Gasteiger partial charge < -0.3 is 5.32 Å². The van der Waals surface area contributed by atoms with E-state index in [4.69, 9.17) is 0 Å². The minimum atomic E-state index is -0.262. The third kappa shape index (κ3) is 3.21. The summed E-state index contributed by atoms with van der Waals surface area (Å²) in [6.07, 6.45) is 3.34. The molecule has 3 N–H and O–H groups in total. The number of aromatic amines is 1. The zero-order valence-electron chi connectivity index (χ0n) is 10.9. The SMILES string of the molecule is O=C(Nc1n[nH]c(Nc2cccnc2)n1)c1ccccc1. The predicted molar refractivity (Wildman–Crippen MR) is 78.3 cm³/mol. The van der Waals surface area contributed by atoms with Crippen molar-refractivity contribution in [3.8, 4) is 0 Å². The molecule has 2 aromatic heterocycles. The Morgan fingerprint density at radius 2 is 1.95 bits per heavy atom. The average Bonchev–Trinajstić information content (AvgIpc) is 2.96. The molecule has 0 aliphatic carbocycles. The lowest BCUT2D eigenvalue weighted by Crippen LogP contribution is -2.12. The van der Waals surface area contributed by atoms with E-state index in [0.29, 0.717) is 11.5 Å². The molecule has 2 heterocycles. The molecule has 7 nitrogen and oxygen atoms in total. The van der Waals surface area contributed by atoms with Crippen molar-refractivity contribution in [1.82, 2.24) is 20.2 Å². The van der Waals surface area contributed by atoms with Crippen molar-refractivity contribution in [2.75, 3.05) is 10.6 Å². The van der Waals surface area contributed by atoms with E-state index >= 15 is 0 Å². The van der Waals surface area contributed by atoms with E-state index in [1.807, 2.05) is 12.1 Å². The van der Waals surface area contributed by atoms with Crippen LogP contribution in [0.25, 0.3) is 0 Å². The van der Waals surface area contributed by atoms with E-state index in [2.05, 4.69) is 30.8 Å². The van der Waals surface area contributed by atoms with Gasteiger partial charge in [0.25, 0.3) is 11.9 Å². The first-order chi connectivity index (χ1) is 10.3. The van der Waals surface area contributed by atoms with Gasteiger partial charge in [0.1, 0.15) is 0 Å². The first kappa shape index (κ1) is 12.8. The molecule has 3 rings (SSSR count). The second-order valence-electron chi connectivity index (χ2n) is 4.19. The molecule has 0 atom stereocenters. The standard InChI is InChI=1S/C14H12N6O/c21-12(10-5-2-1-3-6-10)17-14-18-13(19-20-14)16-11-7-4-8-15-9-11/h1-9H,(H3,16,17,18,19,20,21). The number of nitrogens with one attached hydrogen (secondary N) is 3. The second kappa shape index (κ2) is 5.83. The highest BCUT2D eigenvalue weighted by Crippen LogP contribution is 2.12. The minimum Gasteiger partial charge on any atom is -0.323 e. The molecule has 0 bridgehead atoms. The number of H-pyrrole nitrogens is 1. The van der Waals surface area contributed by atoms with E-state index in [-0.39, 0.29) is 11.9 Å². The molecular formula is C14H12N6O. The summed E-state index contributed by atoms with van der Waals surface area (Å²) in [7, 11) is 0. The van der Waals surface area contributed by atoms with Crippen LogP contribution in [-0.2, 0) is 0 Å². The molecule has 1 amide bonds. The first-order valence-electron chi connectivity index (χ1n) is 6.27. The predicted octanol–water partition coefficient (Wildman–Crippen LogP) is 2.20. The van der Waals surface area contributed by atoms with Crippen LogP contribution < -0.4 is 10.6 Å². The smallest absolute Gasteiger partial charge is 0.258 e. The van der Waals surface area contributed by atoms with E-state index < -0.39 is 0 Å². The minimum absolute atomic E-state index is 0.204. The summed E-state index contributed by atoms with van der Waals surface area (Å²) in [5.41, 5.74) is 1.32. The number of carbonyl (C=O) groups excluding carboxylic acids is 1. The number of rotatable bonds is 4. The van der Waals surface area contributed by atoms with Crippen LogP contribution in [0.15, 0.2) is 54.9 Å². The summed E-state index contributed by atoms with van der Waals surface area (Å²) in [6, 6.07) is 12.5. The monoisotopic (exact) mass is 280 g/mol. The number of carbonyl (C=O) groups is 1. The van der Waals surface area contributed by atoms with Gasteiger partial charge in [-0.3, -0.25) is 15.1 Å². The maximum atomic E-state index is 11.9. The van der Waals surface area contributed by atoms with Crippen LogP contribution in [0.5, 0.6) is 0 Å². The van der Waals surface area contributed by atoms with E-state index in [9.17, 15) is 4.79 Å². The number of aromatic nitrogens is 4. The fourth-order valence-electron chi connectivity index (χ4n) is 1.71. The molecule has 21 heavy (non-hydrogen) atoms. The highest BCUT2D eigenvalue weighted by molar-refractivity contribution is 6.03. The Kier molecular flexibility index (Phi) is 3.55. The molecular weight excluding hydrogens is 268 g/mol. The summed E-state index contributed by atoms with van der Waals surface area (Å²) < 4.78 is 0. The van der Waals surface area contributed by atoms with Crippen LogP contribution in [0.1, 0.15) is 10.4 Å². The van der Waals surface area contributed by atoms with Crippen molar-refractivity contribution in [3.63, 3.8) is 0 Å². The third-order valence-corrected chi connectivity index (χ3v) is 2.67. The van der Waals surface area contributed by atoms with Gasteiger partial charge >= 0.3 is 0 Å². The van der Waals surface area contributed by atoms with Gasteiger partial charge in [-0.1, -0.05) is 18.2 Å². The molecule has 1 aromatic carbocycles. The molecule has 0 aliphatic heterocycles. The molecule has 0 saturated heterocycles. The molecule has 104 valence electrons. The molecule has 0 spiro atoms. The fraction of sp³-hybridized carbons (Fsp3) is 0. The summed E-state index contributed by atoms with van der Waals surface area (Å²) in [4.78, 5) is 20.1. The lowest BCUT2D eigenvalue weighted by molar-refractivity contribution is 0.102. The lowest BCUT2D eigenvalue weighted by Gasteiger charge is -2.00. The maximum Gasteiger partial charge on any atom is 0.258 e. The first-order valence-corrected chi connectivity index (χ1v) is 6.27. The zero-order valence-corrected chi connectivity index (χ0v) is 10.9. The Balaban J connectivity index is 1.67. The Hall–Kier alpha value is -3.22. The number of benzene rings is 1. The van der Waals surface area contributed by atoms with Gasteiger partial charge in [0.2, 0.25) is 5.95 Å². The van der Waals surface area contributed by atoms with Crippen molar-refractivity contribution in [3.05, 3.63) is 60.4 Å². The maximum absolute atomic E-state index is 11.9. The van der Waals surface area contributed by atoms with Gasteiger partial charge in [-0.2, -0.15) is 4.98 Å². The Bertz CT molecular complexity index is 725. The van der Waals surface area contributed by atoms with Gasteiger partial charge in [0.05, 0.1) is 11.9 Å². The van der Waals surface area contributed by atoms with Crippen molar-refractivity contribution in [2.45, 2.75) is 0 Å². The largest absolute Gasteiger partial charge is 0.323 e. The number of hydrogen-bond donors (Lipinski definition) is 3. The van der Waals surface area contributed by atoms with Crippen LogP contribution in [-0.4, -0.2) is 26.1 Å². The molecule has 0 aliphatic rings. The average molecular weight is 280 g/mol. The summed E-state index contributed by atoms with van der Waals surface area (Å²) in [6.45, 7) is 0. The summed E-state index contributed by atoms with van der Waals surface area (Å²) in [5, 5.41) is 12.2. The normalized spacial score (nSPS) is 10.1. The second-order valence-corrected chi connectivity index (χ2v) is 4.19. The molecule has 0 radical (unpaired) electrons. The van der Waals surface area contributed by atoms with Crippen LogP contribution >= 0.6 is 0 Å². The van der Waals surface area contributed by atoms with Crippen molar-refractivity contribution >= 4 is 23.5 Å². The van der Waals surface area contributed by atoms with Gasteiger partial charge in [0.15, 0.2) is 0 Å². The van der Waals surface area contributed by atoms with Crippen LogP contribution in [0.4, 0.5) is 17.6 Å². The van der Waals surface area contributed by atoms with Crippen LogP contribution in [0.2, 0.25) is 0 Å². The molecule has 7 heteroatoms. The van der Waals surface area contributed by atoms with E-state index in [0.717, 1.165) is 5.69 Å². The molecule has 0 saturated carbocycles. The number of anilines is 3. The van der Waals surface area contributed by atoms with Gasteiger partial charge in [-0.25, -0.2) is 5.10 Å². The number of hydrogen-bond acceptors (Lipinski definition) is 5. The van der Waals surface area contributed by atoms with Gasteiger partial charge in [0, 0.05) is 11.8 Å². The lowest BCUT2D eigenvalue weighted by atomic mass is 10.2. The van der Waals surface area contributed by atoms with E-state index in [1.165, 1.54) is 0 Å². The van der Waals surface area contributed by atoms with Crippen LogP contribution in [0.3, 0.4) is 0 Å². The van der Waals surface area contributed by atoms with Crippen molar-refractivity contribution < 1.29 is 4.79 Å². The number of pyridine rings is 1. The molecule has 0 unspecified atom stereocenters. The quantitative estimate of drug-likeness (QED) is 0.681. The van der Waals surface area contributed by atoms with E-state index in [1.54, 1.807) is 42.7 Å². The summed E-state index contributed by atoms with van der Waals surface area (Å²) in [5.74, 6) is 0.365. The highest BCUT2D eigenvalue weighted by atomic mass is 16.1. The Morgan fingerprint density at radius 3 is 2.71 bits per heavy atom. The van der Waals surface area contributed by atoms with Crippen LogP contribution in [0, 0.1) is 0 Å². The topological polar surface area (TPSA) is 95.6 Å². The fourth-order valence-corrected chi connectivity index (χ4v) is 1.71. The highest BCUT2D eigenvalue weighted by Gasteiger charge is 2.09.